The van der Waals surface area contributed by atoms with Gasteiger partial charge in [-0.05, 0) is 73.1 Å². The van der Waals surface area contributed by atoms with Gasteiger partial charge in [-0.2, -0.15) is 0 Å². The fourth-order valence-corrected chi connectivity index (χ4v) is 3.52. The second-order valence-corrected chi connectivity index (χ2v) is 13.7. The number of ether oxygens (including phenoxy) is 1. The average molecular weight is 417 g/mol. The summed E-state index contributed by atoms with van der Waals surface area (Å²) in [5.74, 6) is 1.60. The number of aliphatic hydroxyl groups excluding tert-OH is 1. The molecule has 0 heterocycles. The van der Waals surface area contributed by atoms with Crippen LogP contribution in [0.1, 0.15) is 26.3 Å². The van der Waals surface area contributed by atoms with E-state index in [1.54, 1.807) is 0 Å². The van der Waals surface area contributed by atoms with Crippen LogP contribution in [0.3, 0.4) is 0 Å². The minimum Gasteiger partial charge on any atom is -0.543 e. The van der Waals surface area contributed by atoms with Crippen LogP contribution in [-0.4, -0.2) is 39.2 Å². The van der Waals surface area contributed by atoms with E-state index < -0.39 is 14.4 Å². The summed E-state index contributed by atoms with van der Waals surface area (Å²) in [4.78, 5) is 0. The smallest absolute Gasteiger partial charge is 0.250 e. The van der Waals surface area contributed by atoms with E-state index in [2.05, 4.69) is 39.2 Å². The quantitative estimate of drug-likeness (QED) is 0.307. The number of benzene rings is 2. The average Bonchev–Trinajstić information content (AvgIpc) is 2.65. The largest absolute Gasteiger partial charge is 0.543 e. The van der Waals surface area contributed by atoms with Gasteiger partial charge in [0.05, 0.1) is 0 Å². The molecule has 4 N–H and O–H groups in total. The molecule has 0 aliphatic rings. The zero-order valence-corrected chi connectivity index (χ0v) is 19.4. The van der Waals surface area contributed by atoms with E-state index >= 15 is 0 Å². The molecule has 0 unspecified atom stereocenters. The molecule has 6 heteroatoms. The minimum atomic E-state index is -1.84. The fraction of sp³-hybridized carbons (Fsp3) is 0.478. The van der Waals surface area contributed by atoms with Crippen molar-refractivity contribution < 1.29 is 14.3 Å². The van der Waals surface area contributed by atoms with Crippen molar-refractivity contribution in [2.24, 2.45) is 0 Å². The summed E-state index contributed by atoms with van der Waals surface area (Å²) in [6.45, 7) is 12.7. The lowest BCUT2D eigenvalue weighted by molar-refractivity contribution is 0.106. The van der Waals surface area contributed by atoms with Crippen molar-refractivity contribution in [3.05, 3.63) is 54.1 Å². The number of nitrogens with one attached hydrogen (secondary N) is 1. The third-order valence-electron chi connectivity index (χ3n) is 5.40. The second-order valence-electron chi connectivity index (χ2n) is 8.99. The monoisotopic (exact) mass is 416 g/mol. The molecule has 0 aliphatic heterocycles. The Balaban J connectivity index is 1.69. The first-order chi connectivity index (χ1) is 13.6. The zero-order chi connectivity index (χ0) is 21.5. The van der Waals surface area contributed by atoms with Gasteiger partial charge in [-0.25, -0.2) is 0 Å². The molecule has 5 nitrogen and oxygen atoms in total. The molecule has 0 amide bonds. The topological polar surface area (TPSA) is 76.7 Å². The normalized spacial score (nSPS) is 13.2. The maximum atomic E-state index is 10.1. The molecule has 0 radical (unpaired) electrons. The van der Waals surface area contributed by atoms with Gasteiger partial charge in [-0.15, -0.1) is 0 Å². The Bertz CT molecular complexity index is 740. The molecule has 2 aromatic rings. The highest BCUT2D eigenvalue weighted by atomic mass is 28.4. The van der Waals surface area contributed by atoms with Gasteiger partial charge in [0.2, 0.25) is 8.32 Å². The highest BCUT2D eigenvalue weighted by Crippen LogP contribution is 2.37. The zero-order valence-electron chi connectivity index (χ0n) is 18.4. The third kappa shape index (κ3) is 7.72. The Morgan fingerprint density at radius 2 is 1.59 bits per heavy atom. The van der Waals surface area contributed by atoms with E-state index in [1.807, 2.05) is 48.5 Å². The van der Waals surface area contributed by atoms with Gasteiger partial charge in [0.15, 0.2) is 0 Å². The molecule has 0 spiro atoms. The first kappa shape index (κ1) is 23.3. The van der Waals surface area contributed by atoms with Gasteiger partial charge in [0, 0.05) is 12.2 Å². The maximum absolute atomic E-state index is 10.1. The Morgan fingerprint density at radius 3 is 2.17 bits per heavy atom. The van der Waals surface area contributed by atoms with Crippen molar-refractivity contribution in [2.45, 2.75) is 51.4 Å². The molecule has 160 valence electrons. The van der Waals surface area contributed by atoms with Gasteiger partial charge in [0.1, 0.15) is 24.2 Å². The number of hydrogen-bond acceptors (Lipinski definition) is 5. The summed E-state index contributed by atoms with van der Waals surface area (Å²) in [5.41, 5.74) is 7.68. The summed E-state index contributed by atoms with van der Waals surface area (Å²) in [5, 5.41) is 13.5. The van der Waals surface area contributed by atoms with Crippen molar-refractivity contribution >= 4 is 14.0 Å². The van der Waals surface area contributed by atoms with Crippen LogP contribution in [0.25, 0.3) is 0 Å². The van der Waals surface area contributed by atoms with Crippen LogP contribution in [0, 0.1) is 0 Å². The molecule has 2 aromatic carbocycles. The highest BCUT2D eigenvalue weighted by Gasteiger charge is 2.38. The molecule has 0 saturated heterocycles. The van der Waals surface area contributed by atoms with Crippen LogP contribution in [-0.2, 0) is 6.42 Å². The number of rotatable bonds is 10. The molecule has 0 bridgehead atoms. The first-order valence-corrected chi connectivity index (χ1v) is 13.1. The fourth-order valence-electron chi connectivity index (χ4n) is 2.49. The lowest BCUT2D eigenvalue weighted by Gasteiger charge is -2.36. The van der Waals surface area contributed by atoms with Crippen LogP contribution in [0.2, 0.25) is 18.1 Å². The van der Waals surface area contributed by atoms with Crippen molar-refractivity contribution in [1.82, 2.24) is 5.32 Å². The van der Waals surface area contributed by atoms with Gasteiger partial charge < -0.3 is 25.3 Å². The second kappa shape index (κ2) is 10.1. The minimum absolute atomic E-state index is 0.160. The summed E-state index contributed by atoms with van der Waals surface area (Å²) in [7, 11) is -1.84. The Kier molecular flexibility index (Phi) is 8.13. The predicted molar refractivity (Wildman–Crippen MR) is 123 cm³/mol. The van der Waals surface area contributed by atoms with E-state index in [1.165, 1.54) is 5.56 Å². The van der Waals surface area contributed by atoms with Crippen LogP contribution >= 0.6 is 0 Å². The molecule has 0 saturated carbocycles. The molecule has 2 rings (SSSR count). The Labute approximate surface area is 176 Å². The molecular weight excluding hydrogens is 380 g/mol. The summed E-state index contributed by atoms with van der Waals surface area (Å²) < 4.78 is 12.0. The van der Waals surface area contributed by atoms with E-state index in [0.717, 1.165) is 30.2 Å². The van der Waals surface area contributed by atoms with Crippen LogP contribution in [0.4, 0.5) is 5.69 Å². The van der Waals surface area contributed by atoms with Gasteiger partial charge in [0.25, 0.3) is 0 Å². The van der Waals surface area contributed by atoms with Crippen LogP contribution in [0.15, 0.2) is 48.5 Å². The number of nitrogen functional groups attached to an aromatic ring is 1. The molecule has 29 heavy (non-hydrogen) atoms. The van der Waals surface area contributed by atoms with Crippen molar-refractivity contribution in [1.29, 1.82) is 0 Å². The molecule has 0 aliphatic carbocycles. The number of hydrogen-bond donors (Lipinski definition) is 3. The number of nitrogens with two attached hydrogens (primary N) is 1. The van der Waals surface area contributed by atoms with Gasteiger partial charge in [-0.3, -0.25) is 0 Å². The summed E-state index contributed by atoms with van der Waals surface area (Å²) in [6, 6.07) is 15.5. The third-order valence-corrected chi connectivity index (χ3v) is 9.75. The Hall–Kier alpha value is -2.02. The highest BCUT2D eigenvalue weighted by molar-refractivity contribution is 6.74. The van der Waals surface area contributed by atoms with Crippen molar-refractivity contribution in [2.75, 3.05) is 25.4 Å². The number of anilines is 1. The van der Waals surface area contributed by atoms with E-state index in [-0.39, 0.29) is 11.6 Å². The molecule has 1 atom stereocenters. The van der Waals surface area contributed by atoms with E-state index in [9.17, 15) is 5.11 Å². The predicted octanol–water partition coefficient (Wildman–Crippen LogP) is 4.22. The molecule has 0 fully saturated rings. The number of aliphatic hydroxyl groups is 1. The lowest BCUT2D eigenvalue weighted by Crippen LogP contribution is -2.43. The van der Waals surface area contributed by atoms with Gasteiger partial charge >= 0.3 is 0 Å². The molecule has 0 aromatic heterocycles. The van der Waals surface area contributed by atoms with Crippen LogP contribution in [0.5, 0.6) is 11.5 Å². The summed E-state index contributed by atoms with van der Waals surface area (Å²) in [6.07, 6.45) is 0.327. The maximum Gasteiger partial charge on any atom is 0.250 e. The standard InChI is InChI=1S/C23H36N2O3Si/c1-23(2,3)29(4,5)28-22-12-10-21(11-13-22)27-17-20(26)16-25-15-14-18-6-8-19(24)9-7-18/h6-13,20,25-26H,14-17,24H2,1-5H3/t20-/m0/s1. The van der Waals surface area contributed by atoms with Crippen molar-refractivity contribution in [3.63, 3.8) is 0 Å². The van der Waals surface area contributed by atoms with Crippen LogP contribution < -0.4 is 20.2 Å². The molecular formula is C23H36N2O3Si. The first-order valence-electron chi connectivity index (χ1n) is 10.2. The van der Waals surface area contributed by atoms with Crippen molar-refractivity contribution in [3.8, 4) is 11.5 Å². The van der Waals surface area contributed by atoms with E-state index in [4.69, 9.17) is 14.9 Å². The Morgan fingerprint density at radius 1 is 1.00 bits per heavy atom. The SMILES string of the molecule is CC(C)(C)[Si](C)(C)Oc1ccc(OC[C@@H](O)CNCCc2ccc(N)cc2)cc1. The van der Waals surface area contributed by atoms with Gasteiger partial charge in [-0.1, -0.05) is 32.9 Å². The van der Waals surface area contributed by atoms with E-state index in [0.29, 0.717) is 6.54 Å². The lowest BCUT2D eigenvalue weighted by atomic mass is 10.1. The summed E-state index contributed by atoms with van der Waals surface area (Å²) >= 11 is 0.